The van der Waals surface area contributed by atoms with Gasteiger partial charge in [0, 0.05) is 7.11 Å². The monoisotopic (exact) mass is 114 g/mol. The Kier molecular flexibility index (Phi) is 1.86. The van der Waals surface area contributed by atoms with Gasteiger partial charge in [-0.3, -0.25) is 0 Å². The molecule has 0 aromatic rings. The van der Waals surface area contributed by atoms with Crippen molar-refractivity contribution in [3.05, 3.63) is 0 Å². The normalized spacial score (nSPS) is 25.9. The number of nitrogens with zero attached hydrogens (tertiary/aromatic N) is 1. The van der Waals surface area contributed by atoms with Crippen molar-refractivity contribution in [2.45, 2.75) is 0 Å². The van der Waals surface area contributed by atoms with Gasteiger partial charge < -0.3 is 9.57 Å². The molecule has 0 spiro atoms. The molecule has 1 unspecified atom stereocenters. The van der Waals surface area contributed by atoms with Gasteiger partial charge in [-0.05, 0) is 0 Å². The third-order valence-corrected chi connectivity index (χ3v) is 0.943. The lowest BCUT2D eigenvalue weighted by atomic mass is 10.2. The molecule has 0 bridgehead atoms. The lowest BCUT2D eigenvalue weighted by Gasteiger charge is -1.98. The van der Waals surface area contributed by atoms with Crippen LogP contribution in [0.1, 0.15) is 0 Å². The first kappa shape index (κ1) is 5.56. The summed E-state index contributed by atoms with van der Waals surface area (Å²) in [6.07, 6.45) is 2.74. The smallest absolute Gasteiger partial charge is 0.128 e. The second-order valence-electron chi connectivity index (χ2n) is 1.67. The van der Waals surface area contributed by atoms with Crippen LogP contribution in [0.3, 0.4) is 0 Å². The zero-order valence-electron chi connectivity index (χ0n) is 4.76. The van der Waals surface area contributed by atoms with E-state index in [-0.39, 0.29) is 5.92 Å². The summed E-state index contributed by atoms with van der Waals surface area (Å²) >= 11 is 0. The third kappa shape index (κ3) is 1.20. The van der Waals surface area contributed by atoms with Crippen molar-refractivity contribution in [3.63, 3.8) is 0 Å². The maximum Gasteiger partial charge on any atom is 0.128 e. The number of methoxy groups -OCH3 is 1. The predicted octanol–water partition coefficient (Wildman–Crippen LogP) is 0.142. The van der Waals surface area contributed by atoms with E-state index >= 15 is 0 Å². The Morgan fingerprint density at radius 1 is 2.00 bits per heavy atom. The SMILES string of the molecule is COCC1[C]=NOC1. The van der Waals surface area contributed by atoms with Gasteiger partial charge in [0.1, 0.15) is 12.8 Å². The Balaban J connectivity index is 2.16. The molecule has 0 N–H and O–H groups in total. The van der Waals surface area contributed by atoms with E-state index in [4.69, 9.17) is 4.74 Å². The molecule has 1 heterocycles. The molecule has 3 heteroatoms. The van der Waals surface area contributed by atoms with Crippen LogP contribution in [0.25, 0.3) is 0 Å². The minimum Gasteiger partial charge on any atom is -0.395 e. The zero-order chi connectivity index (χ0) is 5.82. The second kappa shape index (κ2) is 2.67. The van der Waals surface area contributed by atoms with Gasteiger partial charge >= 0.3 is 0 Å². The Morgan fingerprint density at radius 2 is 2.88 bits per heavy atom. The van der Waals surface area contributed by atoms with E-state index in [9.17, 15) is 0 Å². The van der Waals surface area contributed by atoms with Crippen LogP contribution >= 0.6 is 0 Å². The quantitative estimate of drug-likeness (QED) is 0.511. The summed E-state index contributed by atoms with van der Waals surface area (Å²) < 4.78 is 4.82. The molecule has 0 aliphatic carbocycles. The lowest BCUT2D eigenvalue weighted by molar-refractivity contribution is 0.112. The molecule has 1 aliphatic heterocycles. The van der Waals surface area contributed by atoms with Crippen molar-refractivity contribution in [1.29, 1.82) is 0 Å². The van der Waals surface area contributed by atoms with E-state index in [1.807, 2.05) is 0 Å². The van der Waals surface area contributed by atoms with Crippen molar-refractivity contribution < 1.29 is 9.57 Å². The van der Waals surface area contributed by atoms with Gasteiger partial charge in [0.05, 0.1) is 12.5 Å². The molecule has 1 atom stereocenters. The fourth-order valence-corrected chi connectivity index (χ4v) is 0.563. The molecule has 45 valence electrons. The summed E-state index contributed by atoms with van der Waals surface area (Å²) in [6, 6.07) is 0. The molecule has 0 aromatic carbocycles. The first-order chi connectivity index (χ1) is 3.93. The Morgan fingerprint density at radius 3 is 3.38 bits per heavy atom. The molecule has 0 aromatic heterocycles. The maximum atomic E-state index is 4.82. The van der Waals surface area contributed by atoms with Crippen LogP contribution < -0.4 is 0 Å². The van der Waals surface area contributed by atoms with Crippen molar-refractivity contribution in [2.75, 3.05) is 20.3 Å². The van der Waals surface area contributed by atoms with Gasteiger partial charge in [-0.1, -0.05) is 5.16 Å². The van der Waals surface area contributed by atoms with Crippen LogP contribution in [0.5, 0.6) is 0 Å². The maximum absolute atomic E-state index is 4.82. The van der Waals surface area contributed by atoms with E-state index in [2.05, 4.69) is 16.2 Å². The molecule has 8 heavy (non-hydrogen) atoms. The molecule has 1 rings (SSSR count). The molecular weight excluding hydrogens is 106 g/mol. The van der Waals surface area contributed by atoms with Gasteiger partial charge in [-0.2, -0.15) is 0 Å². The summed E-state index contributed by atoms with van der Waals surface area (Å²) in [6.45, 7) is 1.28. The van der Waals surface area contributed by atoms with Crippen LogP contribution in [0.2, 0.25) is 0 Å². The van der Waals surface area contributed by atoms with Crippen molar-refractivity contribution >= 4 is 6.21 Å². The minimum atomic E-state index is 0.250. The van der Waals surface area contributed by atoms with Crippen LogP contribution in [0.4, 0.5) is 0 Å². The number of ether oxygens (including phenoxy) is 1. The van der Waals surface area contributed by atoms with Crippen LogP contribution in [-0.2, 0) is 9.57 Å². The van der Waals surface area contributed by atoms with E-state index in [0.717, 1.165) is 0 Å². The average Bonchev–Trinajstić information content (AvgIpc) is 2.19. The first-order valence-corrected chi connectivity index (χ1v) is 2.50. The Bertz CT molecular complexity index is 92.4. The molecule has 1 aliphatic rings. The third-order valence-electron chi connectivity index (χ3n) is 0.943. The van der Waals surface area contributed by atoms with Crippen LogP contribution in [-0.4, -0.2) is 26.5 Å². The molecule has 0 amide bonds. The van der Waals surface area contributed by atoms with Crippen LogP contribution in [0.15, 0.2) is 5.16 Å². The van der Waals surface area contributed by atoms with E-state index in [0.29, 0.717) is 13.2 Å². The van der Waals surface area contributed by atoms with Crippen molar-refractivity contribution in [3.8, 4) is 0 Å². The topological polar surface area (TPSA) is 30.8 Å². The second-order valence-corrected chi connectivity index (χ2v) is 1.67. The summed E-state index contributed by atoms with van der Waals surface area (Å²) in [5.74, 6) is 0.250. The van der Waals surface area contributed by atoms with Crippen LogP contribution in [0, 0.1) is 5.92 Å². The molecule has 0 saturated heterocycles. The standard InChI is InChI=1S/C5H8NO2/c1-7-3-5-2-6-8-4-5/h5H,3-4H2,1H3. The summed E-state index contributed by atoms with van der Waals surface area (Å²) in [5.41, 5.74) is 0. The Labute approximate surface area is 48.3 Å². The average molecular weight is 114 g/mol. The molecular formula is C5H8NO2. The first-order valence-electron chi connectivity index (χ1n) is 2.50. The number of rotatable bonds is 2. The largest absolute Gasteiger partial charge is 0.395 e. The molecule has 1 radical (unpaired) electrons. The van der Waals surface area contributed by atoms with Gasteiger partial charge in [0.25, 0.3) is 0 Å². The zero-order valence-corrected chi connectivity index (χ0v) is 4.76. The number of hydrogen-bond acceptors (Lipinski definition) is 3. The highest BCUT2D eigenvalue weighted by atomic mass is 16.6. The minimum absolute atomic E-state index is 0.250. The van der Waals surface area contributed by atoms with Crippen molar-refractivity contribution in [2.24, 2.45) is 11.1 Å². The summed E-state index contributed by atoms with van der Waals surface area (Å²) in [5, 5.41) is 3.45. The highest BCUT2D eigenvalue weighted by Gasteiger charge is 2.11. The van der Waals surface area contributed by atoms with Gasteiger partial charge in [0.15, 0.2) is 0 Å². The highest BCUT2D eigenvalue weighted by Crippen LogP contribution is 2.01. The van der Waals surface area contributed by atoms with Gasteiger partial charge in [0.2, 0.25) is 0 Å². The highest BCUT2D eigenvalue weighted by molar-refractivity contribution is 5.61. The van der Waals surface area contributed by atoms with Gasteiger partial charge in [-0.25, -0.2) is 0 Å². The molecule has 0 fully saturated rings. The summed E-state index contributed by atoms with van der Waals surface area (Å²) in [7, 11) is 1.65. The van der Waals surface area contributed by atoms with Gasteiger partial charge in [-0.15, -0.1) is 0 Å². The van der Waals surface area contributed by atoms with E-state index < -0.39 is 0 Å². The summed E-state index contributed by atoms with van der Waals surface area (Å²) in [4.78, 5) is 4.64. The lowest BCUT2D eigenvalue weighted by Crippen LogP contribution is -2.09. The van der Waals surface area contributed by atoms with E-state index in [1.54, 1.807) is 7.11 Å². The van der Waals surface area contributed by atoms with E-state index in [1.165, 1.54) is 0 Å². The van der Waals surface area contributed by atoms with Crippen molar-refractivity contribution in [1.82, 2.24) is 0 Å². The number of hydrogen-bond donors (Lipinski definition) is 0. The fraction of sp³-hybridized carbons (Fsp3) is 0.800. The molecule has 3 nitrogen and oxygen atoms in total. The Hall–Kier alpha value is -0.570. The fourth-order valence-electron chi connectivity index (χ4n) is 0.563. The molecule has 0 saturated carbocycles. The predicted molar refractivity (Wildman–Crippen MR) is 28.8 cm³/mol.